The Labute approximate surface area is 111 Å². The molecule has 0 amide bonds. The van der Waals surface area contributed by atoms with E-state index in [1.807, 2.05) is 0 Å². The number of likely N-dealkylation sites (tertiary alicyclic amines) is 1. The topological polar surface area (TPSA) is 27.7 Å². The van der Waals surface area contributed by atoms with Crippen LogP contribution in [0.4, 0.5) is 0 Å². The third-order valence-corrected chi connectivity index (χ3v) is 4.66. The lowest BCUT2D eigenvalue weighted by molar-refractivity contribution is 0.0178. The Morgan fingerprint density at radius 1 is 1.17 bits per heavy atom. The summed E-state index contributed by atoms with van der Waals surface area (Å²) in [4.78, 5) is 5.29. The summed E-state index contributed by atoms with van der Waals surface area (Å²) in [5.41, 5.74) is 0. The van der Waals surface area contributed by atoms with E-state index in [9.17, 15) is 0 Å². The van der Waals surface area contributed by atoms with Crippen LogP contribution in [0.5, 0.6) is 0 Å². The van der Waals surface area contributed by atoms with Gasteiger partial charge < -0.3 is 10.1 Å². The summed E-state index contributed by atoms with van der Waals surface area (Å²) in [6, 6.07) is 2.30. The van der Waals surface area contributed by atoms with Gasteiger partial charge in [-0.05, 0) is 26.2 Å². The maximum Gasteiger partial charge on any atom is 0.0594 e. The third-order valence-electron chi connectivity index (χ3n) is 4.66. The number of nitrogens with zero attached hydrogens (tertiary/aromatic N) is 2. The highest BCUT2D eigenvalue weighted by Gasteiger charge is 2.31. The standard InChI is InChI=1S/C14H27N3O/c1-12(10-15-13-2-3-13)17-5-4-14(11-17)16-6-8-18-9-7-16/h12-15H,2-11H2,1H3. The van der Waals surface area contributed by atoms with Crippen molar-refractivity contribution in [3.63, 3.8) is 0 Å². The van der Waals surface area contributed by atoms with E-state index in [4.69, 9.17) is 4.74 Å². The number of morpholine rings is 1. The number of rotatable bonds is 5. The largest absolute Gasteiger partial charge is 0.379 e. The molecule has 0 bridgehead atoms. The second kappa shape index (κ2) is 5.87. The van der Waals surface area contributed by atoms with Crippen molar-refractivity contribution in [3.8, 4) is 0 Å². The molecule has 2 atom stereocenters. The van der Waals surface area contributed by atoms with E-state index < -0.39 is 0 Å². The maximum absolute atomic E-state index is 5.44. The molecule has 1 saturated carbocycles. The summed E-state index contributed by atoms with van der Waals surface area (Å²) in [7, 11) is 0. The van der Waals surface area contributed by atoms with Crippen LogP contribution in [0.2, 0.25) is 0 Å². The molecule has 104 valence electrons. The van der Waals surface area contributed by atoms with Crippen molar-refractivity contribution < 1.29 is 4.74 Å². The van der Waals surface area contributed by atoms with Crippen LogP contribution < -0.4 is 5.32 Å². The monoisotopic (exact) mass is 253 g/mol. The Morgan fingerprint density at radius 3 is 2.67 bits per heavy atom. The zero-order chi connectivity index (χ0) is 12.4. The zero-order valence-corrected chi connectivity index (χ0v) is 11.6. The molecular formula is C14H27N3O. The SMILES string of the molecule is CC(CNC1CC1)N1CCC(N2CCOCC2)C1. The number of nitrogens with one attached hydrogen (secondary N) is 1. The predicted molar refractivity (Wildman–Crippen MR) is 72.9 cm³/mol. The van der Waals surface area contributed by atoms with Crippen LogP contribution >= 0.6 is 0 Å². The first-order valence-electron chi connectivity index (χ1n) is 7.62. The lowest BCUT2D eigenvalue weighted by Crippen LogP contribution is -2.46. The quantitative estimate of drug-likeness (QED) is 0.774. The van der Waals surface area contributed by atoms with Crippen LogP contribution in [0, 0.1) is 0 Å². The second-order valence-corrected chi connectivity index (χ2v) is 6.12. The first-order valence-corrected chi connectivity index (χ1v) is 7.62. The molecule has 3 aliphatic rings. The minimum atomic E-state index is 0.691. The lowest BCUT2D eigenvalue weighted by Gasteiger charge is -2.33. The number of ether oxygens (including phenoxy) is 1. The van der Waals surface area contributed by atoms with Crippen LogP contribution in [-0.4, -0.2) is 73.9 Å². The normalized spacial score (nSPS) is 32.8. The molecule has 2 heterocycles. The lowest BCUT2D eigenvalue weighted by atomic mass is 10.2. The van der Waals surface area contributed by atoms with Gasteiger partial charge in [-0.1, -0.05) is 0 Å². The van der Waals surface area contributed by atoms with Gasteiger partial charge in [0, 0.05) is 50.8 Å². The van der Waals surface area contributed by atoms with Gasteiger partial charge in [0.2, 0.25) is 0 Å². The molecule has 18 heavy (non-hydrogen) atoms. The van der Waals surface area contributed by atoms with Crippen molar-refractivity contribution in [2.45, 2.75) is 44.3 Å². The van der Waals surface area contributed by atoms with Crippen LogP contribution in [0.1, 0.15) is 26.2 Å². The highest BCUT2D eigenvalue weighted by atomic mass is 16.5. The van der Waals surface area contributed by atoms with Gasteiger partial charge in [0.25, 0.3) is 0 Å². The van der Waals surface area contributed by atoms with Gasteiger partial charge in [-0.25, -0.2) is 0 Å². The Bertz CT molecular complexity index is 264. The van der Waals surface area contributed by atoms with Gasteiger partial charge >= 0.3 is 0 Å². The van der Waals surface area contributed by atoms with Crippen molar-refractivity contribution >= 4 is 0 Å². The van der Waals surface area contributed by atoms with E-state index in [0.717, 1.165) is 38.4 Å². The highest BCUT2D eigenvalue weighted by Crippen LogP contribution is 2.21. The smallest absolute Gasteiger partial charge is 0.0594 e. The van der Waals surface area contributed by atoms with E-state index in [1.165, 1.54) is 38.9 Å². The predicted octanol–water partition coefficient (Wildman–Crippen LogP) is 0.533. The fourth-order valence-corrected chi connectivity index (χ4v) is 3.16. The fraction of sp³-hybridized carbons (Fsp3) is 1.00. The Hall–Kier alpha value is -0.160. The van der Waals surface area contributed by atoms with Crippen molar-refractivity contribution in [1.82, 2.24) is 15.1 Å². The highest BCUT2D eigenvalue weighted by molar-refractivity contribution is 4.89. The van der Waals surface area contributed by atoms with Crippen LogP contribution in [0.3, 0.4) is 0 Å². The first-order chi connectivity index (χ1) is 8.83. The molecule has 4 heteroatoms. The molecule has 0 spiro atoms. The van der Waals surface area contributed by atoms with E-state index in [0.29, 0.717) is 6.04 Å². The summed E-state index contributed by atoms with van der Waals surface area (Å²) in [6.45, 7) is 10.2. The fourth-order valence-electron chi connectivity index (χ4n) is 3.16. The average molecular weight is 253 g/mol. The number of hydrogen-bond acceptors (Lipinski definition) is 4. The average Bonchev–Trinajstić information content (AvgIpc) is 3.11. The second-order valence-electron chi connectivity index (χ2n) is 6.12. The molecule has 2 saturated heterocycles. The zero-order valence-electron chi connectivity index (χ0n) is 11.6. The van der Waals surface area contributed by atoms with E-state index in [2.05, 4.69) is 22.0 Å². The molecule has 4 nitrogen and oxygen atoms in total. The first kappa shape index (κ1) is 12.9. The Kier molecular flexibility index (Phi) is 4.19. The Morgan fingerprint density at radius 2 is 1.94 bits per heavy atom. The molecule has 3 fully saturated rings. The van der Waals surface area contributed by atoms with Crippen molar-refractivity contribution in [1.29, 1.82) is 0 Å². The van der Waals surface area contributed by atoms with Gasteiger partial charge in [-0.15, -0.1) is 0 Å². The molecule has 0 radical (unpaired) electrons. The molecule has 0 aromatic rings. The van der Waals surface area contributed by atoms with Crippen molar-refractivity contribution in [3.05, 3.63) is 0 Å². The minimum absolute atomic E-state index is 0.691. The van der Waals surface area contributed by atoms with Crippen LogP contribution in [0.15, 0.2) is 0 Å². The van der Waals surface area contributed by atoms with Crippen LogP contribution in [-0.2, 0) is 4.74 Å². The summed E-state index contributed by atoms with van der Waals surface area (Å²) in [5, 5.41) is 3.65. The Balaban J connectivity index is 1.41. The molecule has 2 unspecified atom stereocenters. The van der Waals surface area contributed by atoms with Gasteiger partial charge in [0.05, 0.1) is 13.2 Å². The van der Waals surface area contributed by atoms with E-state index >= 15 is 0 Å². The molecule has 0 aromatic carbocycles. The van der Waals surface area contributed by atoms with E-state index in [1.54, 1.807) is 0 Å². The van der Waals surface area contributed by atoms with Crippen LogP contribution in [0.25, 0.3) is 0 Å². The summed E-state index contributed by atoms with van der Waals surface area (Å²) < 4.78 is 5.44. The van der Waals surface area contributed by atoms with Gasteiger partial charge in [-0.3, -0.25) is 9.80 Å². The minimum Gasteiger partial charge on any atom is -0.379 e. The third kappa shape index (κ3) is 3.23. The number of hydrogen-bond donors (Lipinski definition) is 1. The molecular weight excluding hydrogens is 226 g/mol. The summed E-state index contributed by atoms with van der Waals surface area (Å²) in [6.07, 6.45) is 4.13. The molecule has 0 aromatic heterocycles. The van der Waals surface area contributed by atoms with Gasteiger partial charge in [0.15, 0.2) is 0 Å². The van der Waals surface area contributed by atoms with Gasteiger partial charge in [0.1, 0.15) is 0 Å². The molecule has 2 aliphatic heterocycles. The van der Waals surface area contributed by atoms with Crippen molar-refractivity contribution in [2.24, 2.45) is 0 Å². The van der Waals surface area contributed by atoms with Crippen molar-refractivity contribution in [2.75, 3.05) is 45.9 Å². The molecule has 1 aliphatic carbocycles. The summed E-state index contributed by atoms with van der Waals surface area (Å²) in [5.74, 6) is 0. The van der Waals surface area contributed by atoms with E-state index in [-0.39, 0.29) is 0 Å². The molecule has 1 N–H and O–H groups in total. The molecule has 3 rings (SSSR count). The van der Waals surface area contributed by atoms with Gasteiger partial charge in [-0.2, -0.15) is 0 Å². The summed E-state index contributed by atoms with van der Waals surface area (Å²) >= 11 is 0. The maximum atomic E-state index is 5.44.